The van der Waals surface area contributed by atoms with E-state index in [1.165, 1.54) is 17.2 Å². The lowest BCUT2D eigenvalue weighted by atomic mass is 9.75. The van der Waals surface area contributed by atoms with Crippen molar-refractivity contribution >= 4 is 5.69 Å². The molecule has 2 aromatic carbocycles. The molecule has 3 atom stereocenters. The van der Waals surface area contributed by atoms with E-state index in [-0.39, 0.29) is 11.9 Å². The Kier molecular flexibility index (Phi) is 3.37. The first-order chi connectivity index (χ1) is 11.2. The smallest absolute Gasteiger partial charge is 0.142 e. The van der Waals surface area contributed by atoms with Crippen LogP contribution >= 0.6 is 0 Å². The fraction of sp³-hybridized carbons (Fsp3) is 0.300. The second kappa shape index (κ2) is 5.41. The number of methoxy groups -OCH3 is 1. The minimum atomic E-state index is -0.147. The third kappa shape index (κ3) is 2.14. The molecule has 0 bridgehead atoms. The Hall–Kier alpha value is -2.29. The molecule has 2 nitrogen and oxygen atoms in total. The molecule has 1 aliphatic heterocycles. The van der Waals surface area contributed by atoms with Crippen molar-refractivity contribution < 1.29 is 9.13 Å². The Morgan fingerprint density at radius 2 is 2.00 bits per heavy atom. The standard InChI is InChI=1S/C20H20FNO/c1-12-10-11-17(23-2)20-18(12)13-7-5-8-14(13)19(22-20)15-6-3-4-9-16(15)21/h3-7,9-11,13-14,19,22H,8H2,1-2H3/t13-,14+,19-/m0/s1. The molecule has 0 amide bonds. The number of fused-ring (bicyclic) bond motifs is 3. The summed E-state index contributed by atoms with van der Waals surface area (Å²) in [6.07, 6.45) is 5.45. The molecule has 118 valence electrons. The van der Waals surface area contributed by atoms with E-state index in [4.69, 9.17) is 4.74 Å². The third-order valence-corrected chi connectivity index (χ3v) is 5.16. The highest BCUT2D eigenvalue weighted by atomic mass is 19.1. The average molecular weight is 309 g/mol. The topological polar surface area (TPSA) is 21.3 Å². The molecule has 2 aliphatic rings. The fourth-order valence-electron chi connectivity index (χ4n) is 4.08. The van der Waals surface area contributed by atoms with Gasteiger partial charge < -0.3 is 10.1 Å². The Morgan fingerprint density at radius 3 is 2.78 bits per heavy atom. The lowest BCUT2D eigenvalue weighted by Gasteiger charge is -2.39. The first-order valence-electron chi connectivity index (χ1n) is 8.06. The quantitative estimate of drug-likeness (QED) is 0.791. The van der Waals surface area contributed by atoms with Crippen LogP contribution in [0, 0.1) is 18.7 Å². The summed E-state index contributed by atoms with van der Waals surface area (Å²) in [5.41, 5.74) is 4.28. The molecular weight excluding hydrogens is 289 g/mol. The van der Waals surface area contributed by atoms with Crippen LogP contribution in [-0.2, 0) is 0 Å². The Balaban J connectivity index is 1.88. The number of aryl methyl sites for hydroxylation is 1. The van der Waals surface area contributed by atoms with Gasteiger partial charge in [-0.2, -0.15) is 0 Å². The summed E-state index contributed by atoms with van der Waals surface area (Å²) in [6.45, 7) is 2.13. The Morgan fingerprint density at radius 1 is 1.17 bits per heavy atom. The van der Waals surface area contributed by atoms with Gasteiger partial charge in [0.15, 0.2) is 0 Å². The highest BCUT2D eigenvalue weighted by Gasteiger charge is 2.40. The molecule has 0 radical (unpaired) electrons. The molecule has 0 saturated carbocycles. The minimum Gasteiger partial charge on any atom is -0.495 e. The van der Waals surface area contributed by atoms with E-state index in [0.29, 0.717) is 11.8 Å². The normalized spacial score (nSPS) is 24.7. The lowest BCUT2D eigenvalue weighted by molar-refractivity contribution is 0.391. The van der Waals surface area contributed by atoms with Gasteiger partial charge in [-0.15, -0.1) is 0 Å². The van der Waals surface area contributed by atoms with Crippen LogP contribution in [-0.4, -0.2) is 7.11 Å². The Labute approximate surface area is 136 Å². The van der Waals surface area contributed by atoms with E-state index >= 15 is 0 Å². The van der Waals surface area contributed by atoms with Crippen molar-refractivity contribution in [3.63, 3.8) is 0 Å². The van der Waals surface area contributed by atoms with E-state index in [1.807, 2.05) is 18.2 Å². The molecule has 0 aromatic heterocycles. The number of anilines is 1. The second-order valence-corrected chi connectivity index (χ2v) is 6.37. The monoisotopic (exact) mass is 309 g/mol. The highest BCUT2D eigenvalue weighted by Crippen LogP contribution is 2.53. The Bertz CT molecular complexity index is 783. The van der Waals surface area contributed by atoms with Gasteiger partial charge in [-0.1, -0.05) is 36.4 Å². The summed E-state index contributed by atoms with van der Waals surface area (Å²) in [4.78, 5) is 0. The number of nitrogens with one attached hydrogen (secondary N) is 1. The van der Waals surface area contributed by atoms with E-state index in [0.717, 1.165) is 23.4 Å². The van der Waals surface area contributed by atoms with Gasteiger partial charge in [0.25, 0.3) is 0 Å². The maximum atomic E-state index is 14.4. The first kappa shape index (κ1) is 14.3. The second-order valence-electron chi connectivity index (χ2n) is 6.37. The van der Waals surface area contributed by atoms with Crippen molar-refractivity contribution in [1.29, 1.82) is 0 Å². The highest BCUT2D eigenvalue weighted by molar-refractivity contribution is 5.69. The van der Waals surface area contributed by atoms with Gasteiger partial charge in [0, 0.05) is 11.5 Å². The summed E-state index contributed by atoms with van der Waals surface area (Å²) in [5, 5.41) is 3.58. The fourth-order valence-corrected chi connectivity index (χ4v) is 4.08. The third-order valence-electron chi connectivity index (χ3n) is 5.16. The van der Waals surface area contributed by atoms with Crippen molar-refractivity contribution in [2.45, 2.75) is 25.3 Å². The number of benzene rings is 2. The van der Waals surface area contributed by atoms with Crippen LogP contribution in [0.3, 0.4) is 0 Å². The first-order valence-corrected chi connectivity index (χ1v) is 8.06. The number of rotatable bonds is 2. The molecule has 3 heteroatoms. The van der Waals surface area contributed by atoms with Crippen LogP contribution in [0.25, 0.3) is 0 Å². The van der Waals surface area contributed by atoms with Crippen molar-refractivity contribution in [3.8, 4) is 5.75 Å². The maximum Gasteiger partial charge on any atom is 0.142 e. The van der Waals surface area contributed by atoms with Gasteiger partial charge in [0.1, 0.15) is 11.6 Å². The largest absolute Gasteiger partial charge is 0.495 e. The molecule has 2 aromatic rings. The summed E-state index contributed by atoms with van der Waals surface area (Å²) < 4.78 is 19.9. The predicted molar refractivity (Wildman–Crippen MR) is 90.5 cm³/mol. The maximum absolute atomic E-state index is 14.4. The molecule has 0 spiro atoms. The van der Waals surface area contributed by atoms with E-state index in [2.05, 4.69) is 30.5 Å². The van der Waals surface area contributed by atoms with Crippen LogP contribution in [0.4, 0.5) is 10.1 Å². The predicted octanol–water partition coefficient (Wildman–Crippen LogP) is 4.97. The summed E-state index contributed by atoms with van der Waals surface area (Å²) >= 11 is 0. The average Bonchev–Trinajstić information content (AvgIpc) is 3.04. The van der Waals surface area contributed by atoms with Crippen LogP contribution in [0.5, 0.6) is 5.75 Å². The summed E-state index contributed by atoms with van der Waals surface area (Å²) in [5.74, 6) is 1.33. The van der Waals surface area contributed by atoms with Gasteiger partial charge in [0.2, 0.25) is 0 Å². The molecule has 23 heavy (non-hydrogen) atoms. The number of halogens is 1. The van der Waals surface area contributed by atoms with Crippen LogP contribution in [0.15, 0.2) is 48.6 Å². The molecule has 4 rings (SSSR count). The van der Waals surface area contributed by atoms with E-state index < -0.39 is 0 Å². The van der Waals surface area contributed by atoms with Crippen LogP contribution in [0.2, 0.25) is 0 Å². The van der Waals surface area contributed by atoms with Gasteiger partial charge in [-0.25, -0.2) is 4.39 Å². The number of allylic oxidation sites excluding steroid dienone is 2. The van der Waals surface area contributed by atoms with Crippen molar-refractivity contribution in [2.75, 3.05) is 12.4 Å². The number of hydrogen-bond donors (Lipinski definition) is 1. The zero-order valence-electron chi connectivity index (χ0n) is 13.3. The summed E-state index contributed by atoms with van der Waals surface area (Å²) in [6, 6.07) is 11.1. The molecule has 1 heterocycles. The minimum absolute atomic E-state index is 0.0422. The molecule has 1 aliphatic carbocycles. The van der Waals surface area contributed by atoms with Gasteiger partial charge in [-0.3, -0.25) is 0 Å². The van der Waals surface area contributed by atoms with Gasteiger partial charge in [0.05, 0.1) is 18.8 Å². The van der Waals surface area contributed by atoms with Crippen molar-refractivity contribution in [2.24, 2.45) is 5.92 Å². The molecular formula is C20H20FNO. The van der Waals surface area contributed by atoms with Crippen LogP contribution < -0.4 is 10.1 Å². The van der Waals surface area contributed by atoms with Crippen molar-refractivity contribution in [1.82, 2.24) is 0 Å². The SMILES string of the molecule is COc1ccc(C)c2c1N[C@H](c1ccccc1F)[C@@H]1CC=C[C@H]21. The van der Waals surface area contributed by atoms with Gasteiger partial charge in [-0.05, 0) is 42.5 Å². The lowest BCUT2D eigenvalue weighted by Crippen LogP contribution is -2.30. The van der Waals surface area contributed by atoms with E-state index in [9.17, 15) is 4.39 Å². The molecule has 0 unspecified atom stereocenters. The van der Waals surface area contributed by atoms with Crippen molar-refractivity contribution in [3.05, 3.63) is 71.1 Å². The zero-order valence-corrected chi connectivity index (χ0v) is 13.3. The molecule has 1 N–H and O–H groups in total. The number of ether oxygens (including phenoxy) is 1. The molecule has 0 saturated heterocycles. The molecule has 0 fully saturated rings. The number of hydrogen-bond acceptors (Lipinski definition) is 2. The summed E-state index contributed by atoms with van der Waals surface area (Å²) in [7, 11) is 1.68. The zero-order chi connectivity index (χ0) is 16.0. The van der Waals surface area contributed by atoms with E-state index in [1.54, 1.807) is 13.2 Å². The van der Waals surface area contributed by atoms with Crippen LogP contribution in [0.1, 0.15) is 35.1 Å². The van der Waals surface area contributed by atoms with Gasteiger partial charge >= 0.3 is 0 Å².